The van der Waals surface area contributed by atoms with E-state index in [9.17, 15) is 4.79 Å². The first-order chi connectivity index (χ1) is 7.59. The third kappa shape index (κ3) is 4.14. The van der Waals surface area contributed by atoms with Gasteiger partial charge in [-0.1, -0.05) is 30.4 Å². The molecule has 1 rings (SSSR count). The van der Waals surface area contributed by atoms with Crippen molar-refractivity contribution in [3.05, 3.63) is 30.3 Å². The van der Waals surface area contributed by atoms with Crippen LogP contribution in [0.15, 0.2) is 30.3 Å². The van der Waals surface area contributed by atoms with E-state index in [-0.39, 0.29) is 6.73 Å². The van der Waals surface area contributed by atoms with E-state index >= 15 is 0 Å². The number of para-hydroxylation sites is 1. The number of rotatable bonds is 3. The molecule has 0 radical (unpaired) electrons. The molecule has 0 heterocycles. The van der Waals surface area contributed by atoms with Crippen LogP contribution in [0.1, 0.15) is 6.92 Å². The molecule has 0 spiro atoms. The number of hydrogen-bond acceptors (Lipinski definition) is 3. The summed E-state index contributed by atoms with van der Waals surface area (Å²) < 4.78 is 5.25. The first-order valence-electron chi connectivity index (χ1n) is 4.55. The Morgan fingerprint density at radius 2 is 2.12 bits per heavy atom. The minimum Gasteiger partial charge on any atom is -0.471 e. The maximum absolute atomic E-state index is 10.8. The number of thiocarbonyl (C=S) groups is 1. The average molecular weight is 240 g/mol. The first kappa shape index (κ1) is 12.3. The predicted octanol–water partition coefficient (Wildman–Crippen LogP) is 1.85. The first-order valence-corrected chi connectivity index (χ1v) is 4.96. The summed E-state index contributed by atoms with van der Waals surface area (Å²) in [6, 6.07) is 8.94. The summed E-state index contributed by atoms with van der Waals surface area (Å²) in [5, 5.41) is 9.69. The standard InChI is InChI=1S/C10H12N2O3S/c1-8(16)11-12(10(13)14)7-15-9-5-3-2-4-6-9/h2-6H,7H2,1H3,(H,11,16)(H,13,14). The topological polar surface area (TPSA) is 61.8 Å². The van der Waals surface area contributed by atoms with Crippen LogP contribution in [0.4, 0.5) is 4.79 Å². The van der Waals surface area contributed by atoms with Crippen LogP contribution in [0, 0.1) is 0 Å². The Hall–Kier alpha value is -1.82. The molecule has 5 nitrogen and oxygen atoms in total. The molecule has 0 unspecified atom stereocenters. The third-order valence-electron chi connectivity index (χ3n) is 1.63. The van der Waals surface area contributed by atoms with Crippen LogP contribution in [0.5, 0.6) is 5.75 Å². The van der Waals surface area contributed by atoms with Crippen LogP contribution < -0.4 is 10.2 Å². The largest absolute Gasteiger partial charge is 0.471 e. The molecule has 86 valence electrons. The molecule has 0 bridgehead atoms. The van der Waals surface area contributed by atoms with E-state index < -0.39 is 6.09 Å². The lowest BCUT2D eigenvalue weighted by atomic mass is 10.3. The zero-order valence-corrected chi connectivity index (χ0v) is 9.53. The number of hydrogen-bond donors (Lipinski definition) is 2. The van der Waals surface area contributed by atoms with Crippen LogP contribution in [-0.2, 0) is 0 Å². The number of benzene rings is 1. The van der Waals surface area contributed by atoms with Gasteiger partial charge in [0.2, 0.25) is 0 Å². The molecule has 0 aliphatic carbocycles. The van der Waals surface area contributed by atoms with Crippen molar-refractivity contribution >= 4 is 23.3 Å². The number of ether oxygens (including phenoxy) is 1. The van der Waals surface area contributed by atoms with Gasteiger partial charge in [0.15, 0.2) is 6.73 Å². The summed E-state index contributed by atoms with van der Waals surface area (Å²) in [5.41, 5.74) is 2.49. The van der Waals surface area contributed by atoms with E-state index in [1.54, 1.807) is 31.2 Å². The molecule has 0 fully saturated rings. The normalized spacial score (nSPS) is 9.31. The smallest absolute Gasteiger partial charge is 0.429 e. The fourth-order valence-electron chi connectivity index (χ4n) is 0.981. The Morgan fingerprint density at radius 1 is 1.50 bits per heavy atom. The van der Waals surface area contributed by atoms with Crippen molar-refractivity contribution in [2.24, 2.45) is 0 Å². The Balaban J connectivity index is 2.50. The van der Waals surface area contributed by atoms with Crippen molar-refractivity contribution in [2.75, 3.05) is 6.73 Å². The maximum atomic E-state index is 10.8. The quantitative estimate of drug-likeness (QED) is 0.479. The molecule has 0 aromatic heterocycles. The molecule has 16 heavy (non-hydrogen) atoms. The molecule has 0 saturated carbocycles. The molecular weight excluding hydrogens is 228 g/mol. The van der Waals surface area contributed by atoms with Crippen LogP contribution >= 0.6 is 12.2 Å². The maximum Gasteiger partial charge on any atom is 0.429 e. The van der Waals surface area contributed by atoms with Gasteiger partial charge in [-0.3, -0.25) is 5.43 Å². The third-order valence-corrected chi connectivity index (χ3v) is 1.72. The van der Waals surface area contributed by atoms with Crippen molar-refractivity contribution in [3.63, 3.8) is 0 Å². The van der Waals surface area contributed by atoms with Gasteiger partial charge in [0.25, 0.3) is 0 Å². The monoisotopic (exact) mass is 240 g/mol. The number of nitrogens with one attached hydrogen (secondary N) is 1. The Kier molecular flexibility index (Phi) is 4.53. The second kappa shape index (κ2) is 5.92. The lowest BCUT2D eigenvalue weighted by Crippen LogP contribution is -2.46. The lowest BCUT2D eigenvalue weighted by Gasteiger charge is -2.20. The fraction of sp³-hybridized carbons (Fsp3) is 0.200. The van der Waals surface area contributed by atoms with Crippen molar-refractivity contribution in [1.29, 1.82) is 0 Å². The molecule has 0 aliphatic rings. The van der Waals surface area contributed by atoms with E-state index in [0.717, 1.165) is 5.01 Å². The highest BCUT2D eigenvalue weighted by atomic mass is 32.1. The van der Waals surface area contributed by atoms with Crippen molar-refractivity contribution < 1.29 is 14.6 Å². The molecule has 1 amide bonds. The minimum atomic E-state index is -1.15. The molecule has 6 heteroatoms. The second-order valence-corrected chi connectivity index (χ2v) is 3.58. The van der Waals surface area contributed by atoms with Crippen LogP contribution in [0.25, 0.3) is 0 Å². The summed E-state index contributed by atoms with van der Waals surface area (Å²) in [6.07, 6.45) is -1.15. The van der Waals surface area contributed by atoms with E-state index in [4.69, 9.17) is 22.1 Å². The number of nitrogens with zero attached hydrogens (tertiary/aromatic N) is 1. The van der Waals surface area contributed by atoms with Crippen molar-refractivity contribution in [2.45, 2.75) is 6.92 Å². The number of hydrazine groups is 1. The summed E-state index contributed by atoms with van der Waals surface area (Å²) >= 11 is 4.75. The van der Waals surface area contributed by atoms with Gasteiger partial charge in [-0.25, -0.2) is 4.79 Å². The van der Waals surface area contributed by atoms with Gasteiger partial charge in [-0.2, -0.15) is 5.01 Å². The molecule has 1 aromatic rings. The predicted molar refractivity (Wildman–Crippen MR) is 63.2 cm³/mol. The van der Waals surface area contributed by atoms with Crippen LogP contribution in [-0.4, -0.2) is 27.9 Å². The molecular formula is C10H12N2O3S. The summed E-state index contributed by atoms with van der Waals surface area (Å²) in [4.78, 5) is 11.1. The van der Waals surface area contributed by atoms with Gasteiger partial charge in [0, 0.05) is 0 Å². The zero-order chi connectivity index (χ0) is 12.0. The second-order valence-electron chi connectivity index (χ2n) is 2.97. The number of carbonyl (C=O) groups is 1. The Morgan fingerprint density at radius 3 is 2.62 bits per heavy atom. The van der Waals surface area contributed by atoms with E-state index in [0.29, 0.717) is 10.7 Å². The van der Waals surface area contributed by atoms with Gasteiger partial charge >= 0.3 is 6.09 Å². The highest BCUT2D eigenvalue weighted by Crippen LogP contribution is 2.08. The van der Waals surface area contributed by atoms with E-state index in [1.807, 2.05) is 6.07 Å². The fourth-order valence-corrected chi connectivity index (χ4v) is 1.09. The average Bonchev–Trinajstić information content (AvgIpc) is 2.25. The highest BCUT2D eigenvalue weighted by molar-refractivity contribution is 7.80. The van der Waals surface area contributed by atoms with Crippen LogP contribution in [0.3, 0.4) is 0 Å². The molecule has 0 saturated heterocycles. The van der Waals surface area contributed by atoms with Gasteiger partial charge in [0.1, 0.15) is 5.75 Å². The lowest BCUT2D eigenvalue weighted by molar-refractivity contribution is 0.0841. The SMILES string of the molecule is CC(=S)NN(COc1ccccc1)C(=O)O. The molecule has 0 atom stereocenters. The number of amides is 1. The van der Waals surface area contributed by atoms with Gasteiger partial charge in [-0.15, -0.1) is 0 Å². The Labute approximate surface area is 98.6 Å². The summed E-state index contributed by atoms with van der Waals surface area (Å²) in [5.74, 6) is 0.595. The van der Waals surface area contributed by atoms with Crippen molar-refractivity contribution in [3.8, 4) is 5.75 Å². The van der Waals surface area contributed by atoms with Gasteiger partial charge in [0.05, 0.1) is 4.99 Å². The Bertz CT molecular complexity index is 370. The zero-order valence-electron chi connectivity index (χ0n) is 8.71. The van der Waals surface area contributed by atoms with Crippen LogP contribution in [0.2, 0.25) is 0 Å². The van der Waals surface area contributed by atoms with Gasteiger partial charge < -0.3 is 9.84 Å². The van der Waals surface area contributed by atoms with E-state index in [1.165, 1.54) is 0 Å². The van der Waals surface area contributed by atoms with Crippen molar-refractivity contribution in [1.82, 2.24) is 10.4 Å². The molecule has 2 N–H and O–H groups in total. The molecule has 1 aromatic carbocycles. The number of carboxylic acid groups (broad SMARTS) is 1. The minimum absolute atomic E-state index is 0.132. The highest BCUT2D eigenvalue weighted by Gasteiger charge is 2.11. The summed E-state index contributed by atoms with van der Waals surface area (Å²) in [7, 11) is 0. The summed E-state index contributed by atoms with van der Waals surface area (Å²) in [6.45, 7) is 1.46. The van der Waals surface area contributed by atoms with E-state index in [2.05, 4.69) is 5.43 Å². The van der Waals surface area contributed by atoms with Gasteiger partial charge in [-0.05, 0) is 19.1 Å². The molecule has 0 aliphatic heterocycles.